The minimum absolute atomic E-state index is 0.497. The zero-order valence-corrected chi connectivity index (χ0v) is 10.4. The van der Waals surface area contributed by atoms with Crippen LogP contribution in [0.2, 0.25) is 0 Å². The summed E-state index contributed by atoms with van der Waals surface area (Å²) in [6.07, 6.45) is 1.48. The summed E-state index contributed by atoms with van der Waals surface area (Å²) in [7, 11) is 0. The minimum Gasteiger partial charge on any atom is -0.303 e. The first-order valence-electron chi connectivity index (χ1n) is 5.64. The van der Waals surface area contributed by atoms with Crippen LogP contribution in [-0.2, 0) is 11.2 Å². The topological polar surface area (TPSA) is 17.1 Å². The second kappa shape index (κ2) is 3.97. The first kappa shape index (κ1) is 10.5. The van der Waals surface area contributed by atoms with Gasteiger partial charge in [-0.3, -0.25) is 0 Å². The van der Waals surface area contributed by atoms with E-state index in [9.17, 15) is 4.79 Å². The lowest BCUT2D eigenvalue weighted by Gasteiger charge is -1.99. The van der Waals surface area contributed by atoms with Crippen molar-refractivity contribution in [2.24, 2.45) is 0 Å². The van der Waals surface area contributed by atoms with Crippen molar-refractivity contribution < 1.29 is 4.79 Å². The molecule has 2 aromatic carbocycles. The van der Waals surface area contributed by atoms with Gasteiger partial charge in [-0.05, 0) is 30.2 Å². The minimum atomic E-state index is 0.497. The summed E-state index contributed by atoms with van der Waals surface area (Å²) in [5.74, 6) is 0. The summed E-state index contributed by atoms with van der Waals surface area (Å²) in [6, 6.07) is 12.7. The first-order valence-corrected chi connectivity index (χ1v) is 6.45. The molecule has 1 nitrogen and oxygen atoms in total. The van der Waals surface area contributed by atoms with Crippen molar-refractivity contribution in [2.45, 2.75) is 13.3 Å². The number of hydrogen-bond acceptors (Lipinski definition) is 2. The maximum atomic E-state index is 10.7. The van der Waals surface area contributed by atoms with Gasteiger partial charge in [0.05, 0.1) is 0 Å². The third-order valence-electron chi connectivity index (χ3n) is 3.04. The Kier molecular flexibility index (Phi) is 2.45. The third-order valence-corrected chi connectivity index (χ3v) is 4.16. The van der Waals surface area contributed by atoms with E-state index in [2.05, 4.69) is 31.2 Å². The molecular formula is C15H12OS. The number of aldehydes is 1. The Bertz CT molecular complexity index is 709. The number of aryl methyl sites for hydroxylation is 1. The van der Waals surface area contributed by atoms with Crippen molar-refractivity contribution >= 4 is 37.8 Å². The van der Waals surface area contributed by atoms with Crippen LogP contribution in [0.15, 0.2) is 36.4 Å². The van der Waals surface area contributed by atoms with E-state index >= 15 is 0 Å². The van der Waals surface area contributed by atoms with Gasteiger partial charge in [-0.2, -0.15) is 0 Å². The molecule has 3 rings (SSSR count). The van der Waals surface area contributed by atoms with Crippen LogP contribution in [0.1, 0.15) is 11.1 Å². The van der Waals surface area contributed by atoms with E-state index in [1.54, 1.807) is 11.3 Å². The molecule has 0 aliphatic heterocycles. The first-order chi connectivity index (χ1) is 8.29. The largest absolute Gasteiger partial charge is 0.303 e. The van der Waals surface area contributed by atoms with E-state index in [-0.39, 0.29) is 0 Å². The lowest BCUT2D eigenvalue weighted by Crippen LogP contribution is -1.85. The van der Waals surface area contributed by atoms with Gasteiger partial charge in [0.25, 0.3) is 0 Å². The van der Waals surface area contributed by atoms with Gasteiger partial charge in [0.1, 0.15) is 6.29 Å². The van der Waals surface area contributed by atoms with Crippen LogP contribution in [0.25, 0.3) is 20.2 Å². The van der Waals surface area contributed by atoms with Crippen molar-refractivity contribution in [2.75, 3.05) is 0 Å². The Morgan fingerprint density at radius 1 is 1.18 bits per heavy atom. The molecule has 2 heteroatoms. The van der Waals surface area contributed by atoms with Crippen molar-refractivity contribution in [1.82, 2.24) is 0 Å². The van der Waals surface area contributed by atoms with Crippen molar-refractivity contribution in [3.8, 4) is 0 Å². The molecule has 0 unspecified atom stereocenters. The number of fused-ring (bicyclic) bond motifs is 3. The summed E-state index contributed by atoms with van der Waals surface area (Å²) >= 11 is 1.80. The molecule has 84 valence electrons. The average Bonchev–Trinajstić information content (AvgIpc) is 2.67. The molecule has 0 saturated carbocycles. The highest BCUT2D eigenvalue weighted by atomic mass is 32.1. The number of hydrogen-bond donors (Lipinski definition) is 0. The number of rotatable bonds is 2. The molecule has 0 radical (unpaired) electrons. The number of thiophene rings is 1. The van der Waals surface area contributed by atoms with Gasteiger partial charge in [0, 0.05) is 26.6 Å². The molecule has 0 amide bonds. The second-order valence-corrected chi connectivity index (χ2v) is 5.35. The van der Waals surface area contributed by atoms with Gasteiger partial charge in [-0.1, -0.05) is 24.3 Å². The van der Waals surface area contributed by atoms with E-state index in [0.717, 1.165) is 11.8 Å². The van der Waals surface area contributed by atoms with E-state index in [1.165, 1.54) is 25.7 Å². The fraction of sp³-hybridized carbons (Fsp3) is 0.133. The molecule has 0 spiro atoms. The van der Waals surface area contributed by atoms with Crippen LogP contribution in [0, 0.1) is 6.92 Å². The Balaban J connectivity index is 2.44. The molecule has 0 N–H and O–H groups in total. The number of benzene rings is 2. The quantitative estimate of drug-likeness (QED) is 0.616. The lowest BCUT2D eigenvalue weighted by molar-refractivity contribution is -0.107. The van der Waals surface area contributed by atoms with E-state index < -0.39 is 0 Å². The predicted molar refractivity (Wildman–Crippen MR) is 73.8 cm³/mol. The van der Waals surface area contributed by atoms with Crippen molar-refractivity contribution in [3.63, 3.8) is 0 Å². The zero-order chi connectivity index (χ0) is 11.8. The Morgan fingerprint density at radius 3 is 2.88 bits per heavy atom. The van der Waals surface area contributed by atoms with Gasteiger partial charge in [-0.25, -0.2) is 0 Å². The summed E-state index contributed by atoms with van der Waals surface area (Å²) in [5, 5.41) is 2.52. The lowest BCUT2D eigenvalue weighted by atomic mass is 10.0. The Labute approximate surface area is 104 Å². The molecule has 0 bridgehead atoms. The molecule has 0 aliphatic rings. The summed E-state index contributed by atoms with van der Waals surface area (Å²) in [6.45, 7) is 2.11. The maximum Gasteiger partial charge on any atom is 0.124 e. The van der Waals surface area contributed by atoms with Crippen LogP contribution < -0.4 is 0 Å². The number of carbonyl (C=O) groups is 1. The fourth-order valence-electron chi connectivity index (χ4n) is 2.27. The van der Waals surface area contributed by atoms with E-state index in [1.807, 2.05) is 12.1 Å². The van der Waals surface area contributed by atoms with Crippen LogP contribution in [0.3, 0.4) is 0 Å². The van der Waals surface area contributed by atoms with Crippen LogP contribution in [0.4, 0.5) is 0 Å². The standard InChI is InChI=1S/C15H12OS/c1-10-5-6-12-14(9-10)17-13-4-2-3-11(7-8-16)15(12)13/h2-6,8-9H,7H2,1H3. The van der Waals surface area contributed by atoms with Crippen molar-refractivity contribution in [3.05, 3.63) is 47.5 Å². The molecule has 0 atom stereocenters. The van der Waals surface area contributed by atoms with Crippen LogP contribution in [0.5, 0.6) is 0 Å². The molecule has 0 saturated heterocycles. The van der Waals surface area contributed by atoms with E-state index in [0.29, 0.717) is 6.42 Å². The SMILES string of the molecule is Cc1ccc2c(c1)sc1cccc(CC=O)c12. The molecular weight excluding hydrogens is 228 g/mol. The monoisotopic (exact) mass is 240 g/mol. The molecule has 3 aromatic rings. The highest BCUT2D eigenvalue weighted by molar-refractivity contribution is 7.25. The normalized spacial score (nSPS) is 11.1. The molecule has 0 aliphatic carbocycles. The fourth-order valence-corrected chi connectivity index (χ4v) is 3.52. The predicted octanol–water partition coefficient (Wildman–Crippen LogP) is 4.10. The highest BCUT2D eigenvalue weighted by Crippen LogP contribution is 2.36. The van der Waals surface area contributed by atoms with Gasteiger partial charge in [0.2, 0.25) is 0 Å². The van der Waals surface area contributed by atoms with Gasteiger partial charge >= 0.3 is 0 Å². The Hall–Kier alpha value is -1.67. The van der Waals surface area contributed by atoms with Crippen LogP contribution in [-0.4, -0.2) is 6.29 Å². The highest BCUT2D eigenvalue weighted by Gasteiger charge is 2.08. The van der Waals surface area contributed by atoms with Crippen molar-refractivity contribution in [1.29, 1.82) is 0 Å². The van der Waals surface area contributed by atoms with Gasteiger partial charge in [-0.15, -0.1) is 11.3 Å². The maximum absolute atomic E-state index is 10.7. The molecule has 17 heavy (non-hydrogen) atoms. The summed E-state index contributed by atoms with van der Waals surface area (Å²) < 4.78 is 2.57. The van der Waals surface area contributed by atoms with Crippen LogP contribution >= 0.6 is 11.3 Å². The summed E-state index contributed by atoms with van der Waals surface area (Å²) in [5.41, 5.74) is 2.41. The third kappa shape index (κ3) is 1.65. The smallest absolute Gasteiger partial charge is 0.124 e. The molecule has 1 heterocycles. The van der Waals surface area contributed by atoms with Gasteiger partial charge < -0.3 is 4.79 Å². The zero-order valence-electron chi connectivity index (χ0n) is 9.57. The average molecular weight is 240 g/mol. The van der Waals surface area contributed by atoms with E-state index in [4.69, 9.17) is 0 Å². The molecule has 1 aromatic heterocycles. The number of carbonyl (C=O) groups excluding carboxylic acids is 1. The Morgan fingerprint density at radius 2 is 2.06 bits per heavy atom. The van der Waals surface area contributed by atoms with Gasteiger partial charge in [0.15, 0.2) is 0 Å². The summed E-state index contributed by atoms with van der Waals surface area (Å²) in [4.78, 5) is 10.7. The second-order valence-electron chi connectivity index (χ2n) is 4.26. The molecule has 0 fully saturated rings.